The van der Waals surface area contributed by atoms with Crippen molar-refractivity contribution >= 4 is 11.9 Å². The van der Waals surface area contributed by atoms with Crippen molar-refractivity contribution in [1.29, 1.82) is 0 Å². The van der Waals surface area contributed by atoms with E-state index in [9.17, 15) is 9.59 Å². The molecule has 0 radical (unpaired) electrons. The fourth-order valence-electron chi connectivity index (χ4n) is 2.81. The molecule has 1 aliphatic heterocycles. The minimum Gasteiger partial charge on any atom is -0.493 e. The normalized spacial score (nSPS) is 16.4. The second kappa shape index (κ2) is 8.57. The topological polar surface area (TPSA) is 65.1 Å². The summed E-state index contributed by atoms with van der Waals surface area (Å²) >= 11 is 0. The van der Waals surface area contributed by atoms with Gasteiger partial charge in [0.1, 0.15) is 0 Å². The molecule has 0 aromatic heterocycles. The van der Waals surface area contributed by atoms with Crippen LogP contribution in [0.25, 0.3) is 0 Å². The van der Waals surface area contributed by atoms with Crippen LogP contribution in [0, 0.1) is 5.92 Å². The highest BCUT2D eigenvalue weighted by molar-refractivity contribution is 5.81. The Morgan fingerprint density at radius 2 is 1.83 bits per heavy atom. The van der Waals surface area contributed by atoms with Gasteiger partial charge in [0.15, 0.2) is 17.6 Å². The number of amides is 1. The molecule has 1 aromatic carbocycles. The Hall–Kier alpha value is -2.24. The molecule has 0 bridgehead atoms. The van der Waals surface area contributed by atoms with E-state index in [1.54, 1.807) is 38.0 Å². The Kier molecular flexibility index (Phi) is 6.46. The van der Waals surface area contributed by atoms with Crippen molar-refractivity contribution in [2.45, 2.75) is 32.8 Å². The Morgan fingerprint density at radius 3 is 2.42 bits per heavy atom. The number of likely N-dealkylation sites (tertiary alicyclic amines) is 1. The molecule has 1 heterocycles. The van der Waals surface area contributed by atoms with Gasteiger partial charge >= 0.3 is 5.97 Å². The lowest BCUT2D eigenvalue weighted by molar-refractivity contribution is -0.152. The van der Waals surface area contributed by atoms with Crippen molar-refractivity contribution in [3.05, 3.63) is 24.3 Å². The maximum absolute atomic E-state index is 12.5. The van der Waals surface area contributed by atoms with Gasteiger partial charge < -0.3 is 19.1 Å². The van der Waals surface area contributed by atoms with Gasteiger partial charge in [-0.3, -0.25) is 9.59 Å². The van der Waals surface area contributed by atoms with E-state index >= 15 is 0 Å². The monoisotopic (exact) mass is 335 g/mol. The number of rotatable bonds is 6. The van der Waals surface area contributed by atoms with Gasteiger partial charge in [-0.05, 0) is 38.8 Å². The highest BCUT2D eigenvalue weighted by atomic mass is 16.5. The van der Waals surface area contributed by atoms with Gasteiger partial charge in [0, 0.05) is 13.1 Å². The number of ether oxygens (including phenoxy) is 3. The summed E-state index contributed by atoms with van der Waals surface area (Å²) in [5, 5.41) is 0. The predicted octanol–water partition coefficient (Wildman–Crippen LogP) is 2.26. The zero-order chi connectivity index (χ0) is 17.5. The minimum atomic E-state index is -0.611. The van der Waals surface area contributed by atoms with E-state index in [-0.39, 0.29) is 17.8 Å². The predicted molar refractivity (Wildman–Crippen MR) is 89.0 cm³/mol. The SMILES string of the molecule is CCOC(=O)C1CCN(C(=O)C(C)Oc2ccccc2OC)CC1. The summed E-state index contributed by atoms with van der Waals surface area (Å²) in [5.74, 6) is 0.783. The molecule has 24 heavy (non-hydrogen) atoms. The lowest BCUT2D eigenvalue weighted by Crippen LogP contribution is -2.46. The van der Waals surface area contributed by atoms with E-state index in [2.05, 4.69) is 0 Å². The second-order valence-electron chi connectivity index (χ2n) is 5.76. The number of carbonyl (C=O) groups is 2. The average Bonchev–Trinajstić information content (AvgIpc) is 2.61. The summed E-state index contributed by atoms with van der Waals surface area (Å²) in [7, 11) is 1.56. The molecule has 0 saturated carbocycles. The zero-order valence-electron chi connectivity index (χ0n) is 14.5. The molecule has 0 spiro atoms. The second-order valence-corrected chi connectivity index (χ2v) is 5.76. The van der Waals surface area contributed by atoms with Crippen LogP contribution >= 0.6 is 0 Å². The molecule has 2 rings (SSSR count). The van der Waals surface area contributed by atoms with Crippen molar-refractivity contribution in [3.8, 4) is 11.5 Å². The molecule has 0 aliphatic carbocycles. The lowest BCUT2D eigenvalue weighted by atomic mass is 9.97. The van der Waals surface area contributed by atoms with Crippen molar-refractivity contribution in [2.24, 2.45) is 5.92 Å². The van der Waals surface area contributed by atoms with E-state index in [1.807, 2.05) is 12.1 Å². The van der Waals surface area contributed by atoms with Crippen LogP contribution in [-0.4, -0.2) is 49.7 Å². The molecule has 1 aliphatic rings. The summed E-state index contributed by atoms with van der Waals surface area (Å²) in [5.41, 5.74) is 0. The van der Waals surface area contributed by atoms with Crippen molar-refractivity contribution in [1.82, 2.24) is 4.90 Å². The molecule has 1 fully saturated rings. The first-order valence-electron chi connectivity index (χ1n) is 8.31. The van der Waals surface area contributed by atoms with Gasteiger partial charge in [0.2, 0.25) is 0 Å². The molecule has 0 N–H and O–H groups in total. The van der Waals surface area contributed by atoms with Gasteiger partial charge in [-0.2, -0.15) is 0 Å². The standard InChI is InChI=1S/C18H25NO5/c1-4-23-18(21)14-9-11-19(12-10-14)17(20)13(2)24-16-8-6-5-7-15(16)22-3/h5-8,13-14H,4,9-12H2,1-3H3. The molecule has 6 nitrogen and oxygen atoms in total. The first-order valence-corrected chi connectivity index (χ1v) is 8.31. The minimum absolute atomic E-state index is 0.0804. The smallest absolute Gasteiger partial charge is 0.309 e. The van der Waals surface area contributed by atoms with Crippen LogP contribution in [-0.2, 0) is 14.3 Å². The molecule has 1 amide bonds. The maximum Gasteiger partial charge on any atom is 0.309 e. The van der Waals surface area contributed by atoms with E-state index in [0.29, 0.717) is 44.0 Å². The number of piperidine rings is 1. The van der Waals surface area contributed by atoms with Crippen molar-refractivity contribution in [2.75, 3.05) is 26.8 Å². The average molecular weight is 335 g/mol. The quantitative estimate of drug-likeness (QED) is 0.746. The number of para-hydroxylation sites is 2. The first-order chi connectivity index (χ1) is 11.6. The highest BCUT2D eigenvalue weighted by Crippen LogP contribution is 2.27. The molecular formula is C18H25NO5. The van der Waals surface area contributed by atoms with Gasteiger partial charge in [-0.25, -0.2) is 0 Å². The van der Waals surface area contributed by atoms with Crippen molar-refractivity contribution < 1.29 is 23.8 Å². The Bertz CT molecular complexity index is 566. The largest absolute Gasteiger partial charge is 0.493 e. The van der Waals surface area contributed by atoms with Crippen molar-refractivity contribution in [3.63, 3.8) is 0 Å². The third-order valence-electron chi connectivity index (χ3n) is 4.15. The number of benzene rings is 1. The summed E-state index contributed by atoms with van der Waals surface area (Å²) in [6.07, 6.45) is 0.651. The van der Waals surface area contributed by atoms with Gasteiger partial charge in [0.25, 0.3) is 5.91 Å². The first kappa shape index (κ1) is 18.1. The summed E-state index contributed by atoms with van der Waals surface area (Å²) < 4.78 is 16.0. The maximum atomic E-state index is 12.5. The third-order valence-corrected chi connectivity index (χ3v) is 4.15. The fourth-order valence-corrected chi connectivity index (χ4v) is 2.81. The highest BCUT2D eigenvalue weighted by Gasteiger charge is 2.30. The molecular weight excluding hydrogens is 310 g/mol. The van der Waals surface area contributed by atoms with Crippen LogP contribution < -0.4 is 9.47 Å². The van der Waals surface area contributed by atoms with E-state index < -0.39 is 6.10 Å². The zero-order valence-corrected chi connectivity index (χ0v) is 14.5. The van der Waals surface area contributed by atoms with Crippen LogP contribution in [0.1, 0.15) is 26.7 Å². The van der Waals surface area contributed by atoms with Crippen LogP contribution in [0.3, 0.4) is 0 Å². The summed E-state index contributed by atoms with van der Waals surface area (Å²) in [6.45, 7) is 5.01. The number of methoxy groups -OCH3 is 1. The molecule has 132 valence electrons. The molecule has 1 aromatic rings. The molecule has 1 unspecified atom stereocenters. The number of carbonyl (C=O) groups excluding carboxylic acids is 2. The fraction of sp³-hybridized carbons (Fsp3) is 0.556. The molecule has 1 atom stereocenters. The Morgan fingerprint density at radius 1 is 1.21 bits per heavy atom. The Balaban J connectivity index is 1.89. The van der Waals surface area contributed by atoms with E-state index in [1.165, 1.54) is 0 Å². The molecule has 1 saturated heterocycles. The van der Waals surface area contributed by atoms with Crippen LogP contribution in [0.15, 0.2) is 24.3 Å². The summed E-state index contributed by atoms with van der Waals surface area (Å²) in [6, 6.07) is 7.24. The van der Waals surface area contributed by atoms with E-state index in [4.69, 9.17) is 14.2 Å². The van der Waals surface area contributed by atoms with Gasteiger partial charge in [-0.15, -0.1) is 0 Å². The molecule has 6 heteroatoms. The number of hydrogen-bond acceptors (Lipinski definition) is 5. The Labute approximate surface area is 142 Å². The van der Waals surface area contributed by atoms with Crippen LogP contribution in [0.2, 0.25) is 0 Å². The summed E-state index contributed by atoms with van der Waals surface area (Å²) in [4.78, 5) is 26.1. The number of nitrogens with zero attached hydrogens (tertiary/aromatic N) is 1. The number of hydrogen-bond donors (Lipinski definition) is 0. The van der Waals surface area contributed by atoms with Crippen LogP contribution in [0.4, 0.5) is 0 Å². The van der Waals surface area contributed by atoms with E-state index in [0.717, 1.165) is 0 Å². The lowest BCUT2D eigenvalue weighted by Gasteiger charge is -2.32. The van der Waals surface area contributed by atoms with Crippen LogP contribution in [0.5, 0.6) is 11.5 Å². The third kappa shape index (κ3) is 4.40. The van der Waals surface area contributed by atoms with Gasteiger partial charge in [0.05, 0.1) is 19.6 Å². The number of esters is 1. The van der Waals surface area contributed by atoms with Gasteiger partial charge in [-0.1, -0.05) is 12.1 Å².